The van der Waals surface area contributed by atoms with E-state index in [1.54, 1.807) is 0 Å². The van der Waals surface area contributed by atoms with Gasteiger partial charge in [0.05, 0.1) is 16.9 Å². The molecule has 0 saturated carbocycles. The van der Waals surface area contributed by atoms with Crippen LogP contribution in [0, 0.1) is 0 Å². The second-order valence-electron chi connectivity index (χ2n) is 5.55. The van der Waals surface area contributed by atoms with Crippen molar-refractivity contribution in [1.29, 1.82) is 0 Å². The standard InChI is InChI=1S/C20H24ClN3S/c1-22-11-13-23(14-12-22)9-4-10-24-17-5-2-3-6-19(17)25-20-8-7-16(21)15-18(20)24/h2-3,5-8,15H,4,9-14H2,1H3/i1D3,2D,3D,4D2,5D,6D,9D2,10D2. The Morgan fingerprint density at radius 2 is 1.96 bits per heavy atom. The number of fused-ring (bicyclic) bond motifs is 2. The number of likely N-dealkylation sites (N-methyl/N-ethyl adjacent to an activating group) is 1. The third-order valence-electron chi connectivity index (χ3n) is 3.89. The lowest BCUT2D eigenvalue weighted by molar-refractivity contribution is 0.153. The Morgan fingerprint density at radius 1 is 1.12 bits per heavy atom. The summed E-state index contributed by atoms with van der Waals surface area (Å²) in [7, 11) is 0. The molecule has 2 aliphatic rings. The number of para-hydroxylation sites is 1. The van der Waals surface area contributed by atoms with Crippen LogP contribution in [0.4, 0.5) is 11.4 Å². The SMILES string of the molecule is [2H]c1c([2H])c([2H])c2c(c1[2H])Sc1ccc(Cl)cc1N2C([2H])([2H])C([2H])([2H])C([2H])([2H])N1CCN(C([2H])([2H])[2H])CC1. The maximum Gasteiger partial charge on any atom is 0.0645 e. The molecule has 2 heterocycles. The van der Waals surface area contributed by atoms with E-state index in [4.69, 9.17) is 29.4 Å². The molecule has 2 aromatic carbocycles. The number of benzene rings is 2. The van der Waals surface area contributed by atoms with Crippen molar-refractivity contribution in [1.82, 2.24) is 9.80 Å². The van der Waals surface area contributed by atoms with E-state index >= 15 is 0 Å². The zero-order valence-corrected chi connectivity index (χ0v) is 14.8. The first-order valence-electron chi connectivity index (χ1n) is 14.2. The molecule has 0 amide bonds. The molecule has 132 valence electrons. The third kappa shape index (κ3) is 3.82. The summed E-state index contributed by atoms with van der Waals surface area (Å²) in [5.74, 6) is 0. The summed E-state index contributed by atoms with van der Waals surface area (Å²) >= 11 is 7.15. The quantitative estimate of drug-likeness (QED) is 0.760. The van der Waals surface area contributed by atoms with Gasteiger partial charge in [-0.25, -0.2) is 0 Å². The summed E-state index contributed by atoms with van der Waals surface area (Å²) in [5, 5.41) is 0.166. The first-order chi connectivity index (χ1) is 17.3. The summed E-state index contributed by atoms with van der Waals surface area (Å²) in [5.41, 5.74) is -0.301. The minimum Gasteiger partial charge on any atom is -0.340 e. The molecular weight excluding hydrogens is 350 g/mol. The van der Waals surface area contributed by atoms with Crippen LogP contribution in [-0.4, -0.2) is 55.9 Å². The number of anilines is 2. The van der Waals surface area contributed by atoms with E-state index in [1.807, 2.05) is 0 Å². The van der Waals surface area contributed by atoms with Gasteiger partial charge in [0, 0.05) is 59.8 Å². The molecule has 1 fully saturated rings. The number of hydrogen-bond acceptors (Lipinski definition) is 4. The van der Waals surface area contributed by atoms with Crippen molar-refractivity contribution in [2.45, 2.75) is 16.2 Å². The molecule has 0 unspecified atom stereocenters. The summed E-state index contributed by atoms with van der Waals surface area (Å²) in [6, 6.07) is 2.15. The zero-order valence-electron chi connectivity index (χ0n) is 26.2. The van der Waals surface area contributed by atoms with E-state index < -0.39 is 50.5 Å². The van der Waals surface area contributed by atoms with Crippen molar-refractivity contribution in [3.63, 3.8) is 0 Å². The Bertz CT molecular complexity index is 1260. The van der Waals surface area contributed by atoms with Crippen LogP contribution in [0.5, 0.6) is 0 Å². The molecule has 0 atom stereocenters. The van der Waals surface area contributed by atoms with E-state index in [1.165, 1.54) is 18.2 Å². The minimum absolute atomic E-state index is 0.0249. The molecular formula is C20H24ClN3S. The van der Waals surface area contributed by atoms with Gasteiger partial charge in [-0.3, -0.25) is 0 Å². The highest BCUT2D eigenvalue weighted by Gasteiger charge is 2.23. The predicted octanol–water partition coefficient (Wildman–Crippen LogP) is 4.58. The van der Waals surface area contributed by atoms with E-state index in [0.29, 0.717) is 4.90 Å². The fourth-order valence-corrected chi connectivity index (χ4v) is 3.72. The molecule has 2 aliphatic heterocycles. The molecule has 0 spiro atoms. The van der Waals surface area contributed by atoms with E-state index in [9.17, 15) is 0 Å². The van der Waals surface area contributed by atoms with Crippen LogP contribution in [0.2, 0.25) is 5.02 Å². The lowest BCUT2D eigenvalue weighted by Gasteiger charge is -2.35. The smallest absolute Gasteiger partial charge is 0.0645 e. The third-order valence-corrected chi connectivity index (χ3v) is 5.19. The van der Waals surface area contributed by atoms with Gasteiger partial charge in [0.15, 0.2) is 0 Å². The van der Waals surface area contributed by atoms with Crippen LogP contribution < -0.4 is 4.90 Å². The van der Waals surface area contributed by atoms with E-state index in [2.05, 4.69) is 0 Å². The lowest BCUT2D eigenvalue weighted by Crippen LogP contribution is -2.45. The minimum atomic E-state index is -3.31. The van der Waals surface area contributed by atoms with Crippen LogP contribution in [0.25, 0.3) is 0 Å². The van der Waals surface area contributed by atoms with Crippen molar-refractivity contribution >= 4 is 34.7 Å². The van der Waals surface area contributed by atoms with Crippen molar-refractivity contribution in [2.24, 2.45) is 0 Å². The summed E-state index contributed by atoms with van der Waals surface area (Å²) < 4.78 is 109. The second-order valence-corrected chi connectivity index (χ2v) is 7.04. The molecule has 1 saturated heterocycles. The highest BCUT2D eigenvalue weighted by atomic mass is 35.5. The van der Waals surface area contributed by atoms with Crippen LogP contribution in [-0.2, 0) is 0 Å². The molecule has 0 N–H and O–H groups in total. The molecule has 2 aromatic rings. The number of piperazine rings is 1. The highest BCUT2D eigenvalue weighted by molar-refractivity contribution is 7.99. The van der Waals surface area contributed by atoms with Crippen LogP contribution in [0.1, 0.15) is 24.2 Å². The fourth-order valence-electron chi connectivity index (χ4n) is 2.60. The molecule has 0 aliphatic carbocycles. The Morgan fingerprint density at radius 3 is 2.80 bits per heavy atom. The zero-order chi connectivity index (χ0) is 28.6. The van der Waals surface area contributed by atoms with Crippen LogP contribution >= 0.6 is 23.4 Å². The van der Waals surface area contributed by atoms with Crippen molar-refractivity contribution in [3.05, 3.63) is 47.4 Å². The van der Waals surface area contributed by atoms with Gasteiger partial charge in [-0.05, 0) is 50.1 Å². The van der Waals surface area contributed by atoms with Gasteiger partial charge in [0.25, 0.3) is 0 Å². The van der Waals surface area contributed by atoms with Crippen molar-refractivity contribution in [3.8, 4) is 0 Å². The topological polar surface area (TPSA) is 9.72 Å². The fraction of sp³-hybridized carbons (Fsp3) is 0.400. The number of halogens is 1. The maximum absolute atomic E-state index is 9.01. The lowest BCUT2D eigenvalue weighted by atomic mass is 10.2. The number of hydrogen-bond donors (Lipinski definition) is 0. The molecule has 5 heteroatoms. The molecule has 0 radical (unpaired) electrons. The maximum atomic E-state index is 9.01. The van der Waals surface area contributed by atoms with Gasteiger partial charge in [-0.1, -0.05) is 35.4 Å². The molecule has 25 heavy (non-hydrogen) atoms. The molecule has 0 aromatic heterocycles. The molecule has 3 nitrogen and oxygen atoms in total. The average Bonchev–Trinajstić information content (AvgIpc) is 2.84. The van der Waals surface area contributed by atoms with Gasteiger partial charge < -0.3 is 14.7 Å². The Balaban J connectivity index is 1.85. The second kappa shape index (κ2) is 7.58. The molecule has 0 bridgehead atoms. The normalized spacial score (nSPS) is 27.9. The van der Waals surface area contributed by atoms with E-state index in [0.717, 1.165) is 26.5 Å². The van der Waals surface area contributed by atoms with Crippen LogP contribution in [0.15, 0.2) is 52.2 Å². The van der Waals surface area contributed by atoms with Gasteiger partial charge in [-0.2, -0.15) is 0 Å². The number of nitrogens with zero attached hydrogens (tertiary/aromatic N) is 3. The van der Waals surface area contributed by atoms with Gasteiger partial charge in [0.1, 0.15) is 0 Å². The highest BCUT2D eigenvalue weighted by Crippen LogP contribution is 2.48. The Hall–Kier alpha value is -1.20. The largest absolute Gasteiger partial charge is 0.340 e. The summed E-state index contributed by atoms with van der Waals surface area (Å²) in [4.78, 5) is 3.31. The summed E-state index contributed by atoms with van der Waals surface area (Å²) in [6.07, 6.45) is -3.31. The van der Waals surface area contributed by atoms with Crippen molar-refractivity contribution in [2.75, 3.05) is 51.0 Å². The Kier molecular flexibility index (Phi) is 2.37. The first kappa shape index (κ1) is 7.81. The predicted molar refractivity (Wildman–Crippen MR) is 108 cm³/mol. The first-order valence-corrected chi connectivity index (χ1v) is 8.91. The average molecular weight is 387 g/mol. The van der Waals surface area contributed by atoms with Gasteiger partial charge >= 0.3 is 0 Å². The Labute approximate surface area is 177 Å². The summed E-state index contributed by atoms with van der Waals surface area (Å²) in [6.45, 7) is -9.07. The monoisotopic (exact) mass is 386 g/mol. The number of rotatable bonds is 4. The molecule has 4 rings (SSSR count). The van der Waals surface area contributed by atoms with Crippen LogP contribution in [0.3, 0.4) is 0 Å². The van der Waals surface area contributed by atoms with E-state index in [-0.39, 0.29) is 47.5 Å². The van der Waals surface area contributed by atoms with Gasteiger partial charge in [0.2, 0.25) is 0 Å². The van der Waals surface area contributed by atoms with Crippen molar-refractivity contribution < 1.29 is 17.8 Å². The van der Waals surface area contributed by atoms with Gasteiger partial charge in [-0.15, -0.1) is 0 Å².